The summed E-state index contributed by atoms with van der Waals surface area (Å²) in [5.41, 5.74) is -0.788. The lowest BCUT2D eigenvalue weighted by Gasteiger charge is -2.37. The summed E-state index contributed by atoms with van der Waals surface area (Å²) in [7, 11) is 0. The van der Waals surface area contributed by atoms with Crippen LogP contribution in [0.25, 0.3) is 0 Å². The normalized spacial score (nSPS) is 22.6. The summed E-state index contributed by atoms with van der Waals surface area (Å²) in [6, 6.07) is 1.55. The van der Waals surface area contributed by atoms with E-state index in [2.05, 4.69) is 18.8 Å². The number of nitrogens with zero attached hydrogens (tertiary/aromatic N) is 3. The molecule has 1 N–H and O–H groups in total. The van der Waals surface area contributed by atoms with E-state index in [9.17, 15) is 14.9 Å². The minimum absolute atomic E-state index is 0.252. The molecule has 0 aliphatic carbocycles. The number of nitro groups is 1. The molecule has 2 heterocycles. The van der Waals surface area contributed by atoms with E-state index in [-0.39, 0.29) is 11.6 Å². The van der Waals surface area contributed by atoms with Crippen molar-refractivity contribution in [1.29, 1.82) is 0 Å². The van der Waals surface area contributed by atoms with Crippen molar-refractivity contribution in [2.45, 2.75) is 32.7 Å². The third-order valence-corrected chi connectivity index (χ3v) is 3.71. The van der Waals surface area contributed by atoms with E-state index < -0.39 is 16.6 Å². The lowest BCUT2D eigenvalue weighted by Crippen LogP contribution is -2.41. The second-order valence-electron chi connectivity index (χ2n) is 5.31. The Morgan fingerprint density at radius 1 is 1.50 bits per heavy atom. The average Bonchev–Trinajstić information content (AvgIpc) is 2.40. The number of rotatable bonds is 3. The molecule has 2 unspecified atom stereocenters. The Labute approximate surface area is 116 Å². The van der Waals surface area contributed by atoms with E-state index in [1.54, 1.807) is 0 Å². The quantitative estimate of drug-likeness (QED) is 0.673. The van der Waals surface area contributed by atoms with Gasteiger partial charge in [0.2, 0.25) is 0 Å². The number of aromatic nitrogens is 1. The molecule has 108 valence electrons. The van der Waals surface area contributed by atoms with E-state index in [4.69, 9.17) is 5.11 Å². The smallest absolute Gasteiger partial charge is 0.342 e. The first-order valence-corrected chi connectivity index (χ1v) is 6.54. The maximum absolute atomic E-state index is 11.2. The minimum atomic E-state index is -1.31. The van der Waals surface area contributed by atoms with Gasteiger partial charge in [-0.15, -0.1) is 0 Å². The number of aromatic carboxylic acids is 1. The van der Waals surface area contributed by atoms with Crippen LogP contribution in [-0.2, 0) is 0 Å². The molecule has 1 fully saturated rings. The van der Waals surface area contributed by atoms with Crippen molar-refractivity contribution >= 4 is 17.5 Å². The first-order valence-electron chi connectivity index (χ1n) is 6.54. The average molecular weight is 279 g/mol. The lowest BCUT2D eigenvalue weighted by molar-refractivity contribution is -0.385. The second-order valence-corrected chi connectivity index (χ2v) is 5.31. The zero-order chi connectivity index (χ0) is 14.9. The summed E-state index contributed by atoms with van der Waals surface area (Å²) in [5, 5.41) is 19.9. The number of anilines is 1. The monoisotopic (exact) mass is 279 g/mol. The van der Waals surface area contributed by atoms with E-state index >= 15 is 0 Å². The molecule has 0 saturated carbocycles. The molecule has 0 bridgehead atoms. The van der Waals surface area contributed by atoms with E-state index in [1.807, 2.05) is 4.90 Å². The molecular weight excluding hydrogens is 262 g/mol. The van der Waals surface area contributed by atoms with Gasteiger partial charge in [-0.1, -0.05) is 6.92 Å². The molecule has 0 radical (unpaired) electrons. The molecule has 1 aliphatic heterocycles. The van der Waals surface area contributed by atoms with Crippen LogP contribution in [0.3, 0.4) is 0 Å². The second kappa shape index (κ2) is 5.44. The van der Waals surface area contributed by atoms with Crippen LogP contribution >= 0.6 is 0 Å². The fourth-order valence-electron chi connectivity index (χ4n) is 2.52. The van der Waals surface area contributed by atoms with E-state index in [0.29, 0.717) is 11.7 Å². The van der Waals surface area contributed by atoms with Gasteiger partial charge in [0, 0.05) is 18.7 Å². The molecule has 0 spiro atoms. The Morgan fingerprint density at radius 3 is 2.80 bits per heavy atom. The van der Waals surface area contributed by atoms with Crippen molar-refractivity contribution in [2.24, 2.45) is 5.92 Å². The first-order chi connectivity index (χ1) is 9.40. The van der Waals surface area contributed by atoms with Gasteiger partial charge in [0.1, 0.15) is 17.6 Å². The maximum Gasteiger partial charge on any atom is 0.342 e. The molecule has 2 atom stereocenters. The van der Waals surface area contributed by atoms with Crippen LogP contribution in [0.15, 0.2) is 12.3 Å². The van der Waals surface area contributed by atoms with Crippen molar-refractivity contribution in [3.05, 3.63) is 27.9 Å². The molecule has 7 nitrogen and oxygen atoms in total. The van der Waals surface area contributed by atoms with Crippen LogP contribution in [0, 0.1) is 16.0 Å². The topological polar surface area (TPSA) is 96.6 Å². The Bertz CT molecular complexity index is 546. The molecule has 2 rings (SSSR count). The zero-order valence-corrected chi connectivity index (χ0v) is 11.4. The van der Waals surface area contributed by atoms with Crippen LogP contribution in [0.5, 0.6) is 0 Å². The molecule has 1 aromatic heterocycles. The fourth-order valence-corrected chi connectivity index (χ4v) is 2.52. The fraction of sp³-hybridized carbons (Fsp3) is 0.538. The van der Waals surface area contributed by atoms with Gasteiger partial charge >= 0.3 is 11.7 Å². The third-order valence-electron chi connectivity index (χ3n) is 3.71. The van der Waals surface area contributed by atoms with Gasteiger partial charge in [-0.2, -0.15) is 0 Å². The van der Waals surface area contributed by atoms with Crippen LogP contribution in [-0.4, -0.2) is 33.6 Å². The molecule has 20 heavy (non-hydrogen) atoms. The Balaban J connectivity index is 2.40. The number of carbonyl (C=O) groups is 1. The molecular formula is C13H17N3O4. The predicted molar refractivity (Wildman–Crippen MR) is 73.1 cm³/mol. The van der Waals surface area contributed by atoms with Crippen molar-refractivity contribution < 1.29 is 14.8 Å². The molecule has 0 aromatic carbocycles. The third kappa shape index (κ3) is 2.71. The SMILES string of the molecule is CC1CCC(C)N(c2cc(C(=O)O)c([N+](=O)[O-])cn2)C1. The Kier molecular flexibility index (Phi) is 3.87. The molecule has 1 aliphatic rings. The summed E-state index contributed by atoms with van der Waals surface area (Å²) in [4.78, 5) is 27.3. The van der Waals surface area contributed by atoms with Crippen molar-refractivity contribution in [2.75, 3.05) is 11.4 Å². The minimum Gasteiger partial charge on any atom is -0.477 e. The maximum atomic E-state index is 11.2. The predicted octanol–water partition coefficient (Wildman–Crippen LogP) is 2.31. The number of hydrogen-bond donors (Lipinski definition) is 1. The van der Waals surface area contributed by atoms with Gasteiger partial charge in [0.25, 0.3) is 0 Å². The van der Waals surface area contributed by atoms with Gasteiger partial charge in [0.05, 0.1) is 4.92 Å². The van der Waals surface area contributed by atoms with Gasteiger partial charge in [-0.05, 0) is 25.7 Å². The Morgan fingerprint density at radius 2 is 2.20 bits per heavy atom. The molecule has 0 amide bonds. The highest BCUT2D eigenvalue weighted by Crippen LogP contribution is 2.29. The number of carboxylic acids is 1. The van der Waals surface area contributed by atoms with Crippen molar-refractivity contribution in [3.63, 3.8) is 0 Å². The number of piperidine rings is 1. The van der Waals surface area contributed by atoms with Crippen LogP contribution in [0.1, 0.15) is 37.0 Å². The van der Waals surface area contributed by atoms with E-state index in [1.165, 1.54) is 6.07 Å². The summed E-state index contributed by atoms with van der Waals surface area (Å²) < 4.78 is 0. The summed E-state index contributed by atoms with van der Waals surface area (Å²) >= 11 is 0. The van der Waals surface area contributed by atoms with Gasteiger partial charge in [0.15, 0.2) is 0 Å². The summed E-state index contributed by atoms with van der Waals surface area (Å²) in [5.74, 6) is -0.318. The lowest BCUT2D eigenvalue weighted by atomic mass is 9.95. The summed E-state index contributed by atoms with van der Waals surface area (Å²) in [6.07, 6.45) is 3.16. The van der Waals surface area contributed by atoms with Gasteiger partial charge < -0.3 is 10.0 Å². The number of hydrogen-bond acceptors (Lipinski definition) is 5. The van der Waals surface area contributed by atoms with Crippen LogP contribution in [0.2, 0.25) is 0 Å². The highest BCUT2D eigenvalue weighted by molar-refractivity contribution is 5.93. The van der Waals surface area contributed by atoms with Gasteiger partial charge in [-0.25, -0.2) is 9.78 Å². The summed E-state index contributed by atoms with van der Waals surface area (Å²) in [6.45, 7) is 4.96. The highest BCUT2D eigenvalue weighted by Gasteiger charge is 2.27. The first kappa shape index (κ1) is 14.2. The zero-order valence-electron chi connectivity index (χ0n) is 11.4. The molecule has 1 aromatic rings. The number of carboxylic acid groups (broad SMARTS) is 1. The van der Waals surface area contributed by atoms with Gasteiger partial charge in [-0.3, -0.25) is 10.1 Å². The number of pyridine rings is 1. The molecule has 7 heteroatoms. The van der Waals surface area contributed by atoms with Crippen molar-refractivity contribution in [1.82, 2.24) is 4.98 Å². The molecule has 1 saturated heterocycles. The standard InChI is InChI=1S/C13H17N3O4/c1-8-3-4-9(2)15(7-8)12-5-10(13(17)18)11(6-14-12)16(19)20/h5-6,8-9H,3-4,7H2,1-2H3,(H,17,18). The van der Waals surface area contributed by atoms with Crippen LogP contribution in [0.4, 0.5) is 11.5 Å². The largest absolute Gasteiger partial charge is 0.477 e. The van der Waals surface area contributed by atoms with Crippen LogP contribution < -0.4 is 4.90 Å². The van der Waals surface area contributed by atoms with E-state index in [0.717, 1.165) is 25.6 Å². The van der Waals surface area contributed by atoms with Crippen molar-refractivity contribution in [3.8, 4) is 0 Å². The Hall–Kier alpha value is -2.18. The highest BCUT2D eigenvalue weighted by atomic mass is 16.6.